The second-order valence-corrected chi connectivity index (χ2v) is 9.60. The Bertz CT molecular complexity index is 1900. The number of rotatable bonds is 1. The molecule has 0 saturated heterocycles. The zero-order valence-corrected chi connectivity index (χ0v) is 20.4. The third-order valence-electron chi connectivity index (χ3n) is 7.22. The summed E-state index contributed by atoms with van der Waals surface area (Å²) in [6.45, 7) is 3.08. The van der Waals surface area contributed by atoms with Crippen LogP contribution < -0.4 is 0 Å². The Morgan fingerprint density at radius 2 is 0.974 bits per heavy atom. The number of ketones is 4. The maximum Gasteiger partial charge on any atom is 0.201 e. The maximum absolute atomic E-state index is 13.4. The van der Waals surface area contributed by atoms with E-state index in [0.29, 0.717) is 5.56 Å². The first-order valence-electron chi connectivity index (χ1n) is 11.7. The average molecular weight is 522 g/mol. The molecule has 0 saturated carbocycles. The van der Waals surface area contributed by atoms with Crippen molar-refractivity contribution in [3.63, 3.8) is 0 Å². The molecule has 0 heterocycles. The van der Waals surface area contributed by atoms with E-state index in [4.69, 9.17) is 0 Å². The number of hydrogen-bond acceptors (Lipinski definition) is 9. The van der Waals surface area contributed by atoms with Gasteiger partial charge >= 0.3 is 0 Å². The van der Waals surface area contributed by atoms with Gasteiger partial charge in [0.25, 0.3) is 0 Å². The number of phenolic OH excluding ortho intramolecular Hbond substituents is 5. The maximum atomic E-state index is 13.4. The van der Waals surface area contributed by atoms with Gasteiger partial charge in [-0.05, 0) is 55.3 Å². The first-order chi connectivity index (χ1) is 18.4. The summed E-state index contributed by atoms with van der Waals surface area (Å²) in [5.74, 6) is -6.29. The zero-order valence-electron chi connectivity index (χ0n) is 20.4. The van der Waals surface area contributed by atoms with Gasteiger partial charge in [-0.2, -0.15) is 0 Å². The van der Waals surface area contributed by atoms with Crippen LogP contribution >= 0.6 is 0 Å². The molecule has 9 heteroatoms. The van der Waals surface area contributed by atoms with E-state index in [-0.39, 0.29) is 44.5 Å². The van der Waals surface area contributed by atoms with Crippen LogP contribution in [-0.4, -0.2) is 48.7 Å². The zero-order chi connectivity index (χ0) is 28.1. The lowest BCUT2D eigenvalue weighted by atomic mass is 9.78. The van der Waals surface area contributed by atoms with Crippen LogP contribution in [0.4, 0.5) is 0 Å². The fraction of sp³-hybridized carbons (Fsp3) is 0.0667. The molecule has 9 nitrogen and oxygen atoms in total. The van der Waals surface area contributed by atoms with Gasteiger partial charge in [0.05, 0.1) is 27.8 Å². The number of aryl methyl sites for hydroxylation is 2. The standard InChI is InChI=1S/C30H18O9/c1-10-6-13-21(17(32)7-10)29(38)23-15(26(13)35)9-18(33)24(30(23)39)19-11(2)8-14-22(27(19)36)28(37)20-12(25(14)34)4-3-5-16(20)31/h3-9,31-33,36,39H,1-2H3. The monoisotopic (exact) mass is 522 g/mol. The molecule has 6 rings (SSSR count). The molecule has 4 aromatic carbocycles. The highest BCUT2D eigenvalue weighted by molar-refractivity contribution is 6.32. The van der Waals surface area contributed by atoms with E-state index in [2.05, 4.69) is 0 Å². The van der Waals surface area contributed by atoms with Crippen LogP contribution in [0.1, 0.15) is 74.8 Å². The fourth-order valence-corrected chi connectivity index (χ4v) is 5.53. The number of carbonyl (C=O) groups excluding carboxylic acids is 4. The number of carbonyl (C=O) groups is 4. The minimum atomic E-state index is -0.879. The lowest BCUT2D eigenvalue weighted by molar-refractivity contribution is 0.0973. The van der Waals surface area contributed by atoms with Gasteiger partial charge in [0, 0.05) is 27.8 Å². The van der Waals surface area contributed by atoms with Gasteiger partial charge in [0.1, 0.15) is 28.7 Å². The predicted octanol–water partition coefficient (Wildman–Crippen LogP) is 4.05. The minimum Gasteiger partial charge on any atom is -0.507 e. The molecule has 0 fully saturated rings. The Kier molecular flexibility index (Phi) is 4.77. The summed E-state index contributed by atoms with van der Waals surface area (Å²) >= 11 is 0. The summed E-state index contributed by atoms with van der Waals surface area (Å²) < 4.78 is 0. The lowest BCUT2D eigenvalue weighted by Crippen LogP contribution is -2.22. The summed E-state index contributed by atoms with van der Waals surface area (Å²) in [7, 11) is 0. The van der Waals surface area contributed by atoms with Crippen LogP contribution in [0.25, 0.3) is 11.1 Å². The van der Waals surface area contributed by atoms with Crippen molar-refractivity contribution in [2.24, 2.45) is 0 Å². The van der Waals surface area contributed by atoms with Gasteiger partial charge in [-0.15, -0.1) is 0 Å². The van der Waals surface area contributed by atoms with Crippen molar-refractivity contribution >= 4 is 23.1 Å². The van der Waals surface area contributed by atoms with E-state index in [1.165, 1.54) is 43.3 Å². The predicted molar refractivity (Wildman–Crippen MR) is 136 cm³/mol. The van der Waals surface area contributed by atoms with Crippen LogP contribution in [0.5, 0.6) is 28.7 Å². The first kappa shape index (κ1) is 23.9. The van der Waals surface area contributed by atoms with Crippen LogP contribution in [-0.2, 0) is 0 Å². The van der Waals surface area contributed by atoms with Gasteiger partial charge in [-0.3, -0.25) is 19.2 Å². The summed E-state index contributed by atoms with van der Waals surface area (Å²) in [5, 5.41) is 54.2. The Balaban J connectivity index is 1.63. The Hall–Kier alpha value is -5.44. The van der Waals surface area contributed by atoms with Gasteiger partial charge in [0.2, 0.25) is 11.6 Å². The van der Waals surface area contributed by atoms with Gasteiger partial charge in [0.15, 0.2) is 11.6 Å². The second-order valence-electron chi connectivity index (χ2n) is 9.60. The molecular weight excluding hydrogens is 504 g/mol. The number of hydrogen-bond donors (Lipinski definition) is 5. The van der Waals surface area contributed by atoms with Crippen molar-refractivity contribution in [2.45, 2.75) is 13.8 Å². The lowest BCUT2D eigenvalue weighted by Gasteiger charge is -2.25. The highest BCUT2D eigenvalue weighted by Crippen LogP contribution is 2.51. The Labute approximate surface area is 219 Å². The number of aromatic hydroxyl groups is 5. The van der Waals surface area contributed by atoms with Crippen molar-refractivity contribution in [1.82, 2.24) is 0 Å². The highest BCUT2D eigenvalue weighted by Gasteiger charge is 2.40. The normalized spacial score (nSPS) is 13.6. The molecule has 0 spiro atoms. The molecule has 0 bridgehead atoms. The smallest absolute Gasteiger partial charge is 0.201 e. The summed E-state index contributed by atoms with van der Waals surface area (Å²) in [6.07, 6.45) is 0. The minimum absolute atomic E-state index is 0.0451. The number of fused-ring (bicyclic) bond motifs is 4. The third kappa shape index (κ3) is 3.01. The molecule has 2 aliphatic carbocycles. The molecule has 0 unspecified atom stereocenters. The SMILES string of the molecule is Cc1cc(O)c2c(c1)C(=O)c1cc(O)c(-c3c(C)cc4c(c3O)C(=O)c3c(O)cccc3C4=O)c(O)c1C2=O. The number of phenols is 5. The van der Waals surface area contributed by atoms with Crippen molar-refractivity contribution in [3.8, 4) is 39.9 Å². The van der Waals surface area contributed by atoms with E-state index in [0.717, 1.165) is 6.07 Å². The van der Waals surface area contributed by atoms with Crippen molar-refractivity contribution in [3.05, 3.63) is 98.1 Å². The number of benzene rings is 4. The Morgan fingerprint density at radius 3 is 1.64 bits per heavy atom. The van der Waals surface area contributed by atoms with E-state index in [1.54, 1.807) is 6.92 Å². The molecule has 0 aromatic heterocycles. The third-order valence-corrected chi connectivity index (χ3v) is 7.22. The van der Waals surface area contributed by atoms with Crippen molar-refractivity contribution in [1.29, 1.82) is 0 Å². The molecule has 0 atom stereocenters. The molecule has 0 amide bonds. The molecule has 0 radical (unpaired) electrons. The van der Waals surface area contributed by atoms with Gasteiger partial charge in [-0.1, -0.05) is 12.1 Å². The summed E-state index contributed by atoms with van der Waals surface area (Å²) in [6, 6.07) is 8.98. The second kappa shape index (κ2) is 7.78. The van der Waals surface area contributed by atoms with Crippen LogP contribution in [0, 0.1) is 13.8 Å². The van der Waals surface area contributed by atoms with E-state index >= 15 is 0 Å². The van der Waals surface area contributed by atoms with Crippen LogP contribution in [0.3, 0.4) is 0 Å². The summed E-state index contributed by atoms with van der Waals surface area (Å²) in [4.78, 5) is 53.2. The van der Waals surface area contributed by atoms with E-state index < -0.39 is 68.6 Å². The highest BCUT2D eigenvalue weighted by atomic mass is 16.3. The van der Waals surface area contributed by atoms with E-state index in [9.17, 15) is 44.7 Å². The van der Waals surface area contributed by atoms with Gasteiger partial charge in [-0.25, -0.2) is 0 Å². The fourth-order valence-electron chi connectivity index (χ4n) is 5.53. The van der Waals surface area contributed by atoms with Crippen molar-refractivity contribution < 1.29 is 44.7 Å². The average Bonchev–Trinajstić information content (AvgIpc) is 2.86. The van der Waals surface area contributed by atoms with Crippen molar-refractivity contribution in [2.75, 3.05) is 0 Å². The van der Waals surface area contributed by atoms with Crippen LogP contribution in [0.2, 0.25) is 0 Å². The van der Waals surface area contributed by atoms with E-state index in [1.807, 2.05) is 0 Å². The van der Waals surface area contributed by atoms with Crippen LogP contribution in [0.15, 0.2) is 42.5 Å². The molecule has 39 heavy (non-hydrogen) atoms. The topological polar surface area (TPSA) is 169 Å². The first-order valence-corrected chi connectivity index (χ1v) is 11.7. The largest absolute Gasteiger partial charge is 0.507 e. The van der Waals surface area contributed by atoms with Gasteiger partial charge < -0.3 is 25.5 Å². The molecule has 0 aliphatic heterocycles. The molecular formula is C30H18O9. The molecule has 192 valence electrons. The molecule has 5 N–H and O–H groups in total. The quantitative estimate of drug-likeness (QED) is 0.214. The summed E-state index contributed by atoms with van der Waals surface area (Å²) in [5.41, 5.74) is -2.19. The Morgan fingerprint density at radius 1 is 0.462 bits per heavy atom. The molecule has 2 aliphatic rings. The molecule has 4 aromatic rings.